The van der Waals surface area contributed by atoms with Crippen LogP contribution in [-0.4, -0.2) is 29.7 Å². The molecular formula is C13H4ClF11O. The van der Waals surface area contributed by atoms with Gasteiger partial charge in [-0.25, -0.2) is 4.39 Å². The van der Waals surface area contributed by atoms with Crippen molar-refractivity contribution >= 4 is 17.4 Å². The van der Waals surface area contributed by atoms with E-state index in [9.17, 15) is 53.1 Å². The summed E-state index contributed by atoms with van der Waals surface area (Å²) in [4.78, 5) is 11.4. The van der Waals surface area contributed by atoms with E-state index in [4.69, 9.17) is 11.6 Å². The minimum absolute atomic E-state index is 0.0620. The number of hydrogen-bond donors (Lipinski definition) is 0. The zero-order chi connectivity index (χ0) is 20.7. The van der Waals surface area contributed by atoms with Crippen molar-refractivity contribution in [3.8, 4) is 0 Å². The van der Waals surface area contributed by atoms with Crippen molar-refractivity contribution < 1.29 is 53.1 Å². The van der Waals surface area contributed by atoms with Gasteiger partial charge in [-0.1, -0.05) is 11.6 Å². The van der Waals surface area contributed by atoms with Gasteiger partial charge in [0, 0.05) is 10.6 Å². The fourth-order valence-corrected chi connectivity index (χ4v) is 1.60. The first kappa shape index (κ1) is 22.2. The predicted molar refractivity (Wildman–Crippen MR) is 65.9 cm³/mol. The van der Waals surface area contributed by atoms with Crippen molar-refractivity contribution in [2.45, 2.75) is 23.9 Å². The molecule has 0 aromatic heterocycles. The van der Waals surface area contributed by atoms with Gasteiger partial charge in [0.1, 0.15) is 0 Å². The Labute approximate surface area is 142 Å². The van der Waals surface area contributed by atoms with E-state index in [-0.39, 0.29) is 5.02 Å². The number of halogens is 12. The Morgan fingerprint density at radius 1 is 0.769 bits per heavy atom. The van der Waals surface area contributed by atoms with Crippen LogP contribution in [0.15, 0.2) is 35.9 Å². The fraction of sp³-hybridized carbons (Fsp3) is 0.308. The molecule has 0 spiro atoms. The normalized spacial score (nSPS) is 14.9. The molecule has 146 valence electrons. The number of benzene rings is 1. The first-order valence-electron chi connectivity index (χ1n) is 6.04. The third-order valence-corrected chi connectivity index (χ3v) is 3.17. The Hall–Kier alpha value is -1.85. The number of rotatable bonds is 5. The smallest absolute Gasteiger partial charge is 0.286 e. The Balaban J connectivity index is 3.42. The van der Waals surface area contributed by atoms with Crippen molar-refractivity contribution in [1.82, 2.24) is 0 Å². The van der Waals surface area contributed by atoms with Crippen molar-refractivity contribution in [3.05, 3.63) is 46.5 Å². The number of ketones is 1. The summed E-state index contributed by atoms with van der Waals surface area (Å²) in [5.74, 6) is -31.5. The maximum Gasteiger partial charge on any atom is 0.460 e. The van der Waals surface area contributed by atoms with Crippen LogP contribution in [0, 0.1) is 0 Å². The maximum absolute atomic E-state index is 13.5. The van der Waals surface area contributed by atoms with Gasteiger partial charge in [0.25, 0.3) is 0 Å². The molecule has 13 heteroatoms. The van der Waals surface area contributed by atoms with Crippen molar-refractivity contribution in [3.63, 3.8) is 0 Å². The summed E-state index contributed by atoms with van der Waals surface area (Å²) in [6.07, 6.45) is -7.21. The first-order valence-corrected chi connectivity index (χ1v) is 6.42. The number of carbonyl (C=O) groups excluding carboxylic acids is 1. The standard InChI is InChI=1S/C13H4ClF11O/c14-6-3-1-5(2-4-6)8(26)7(15)9(16)10(17,18)11(19,20)12(21,22)13(23,24)25/h1-4H/b9-7+. The van der Waals surface area contributed by atoms with Gasteiger partial charge in [-0.15, -0.1) is 0 Å². The van der Waals surface area contributed by atoms with Crippen LogP contribution >= 0.6 is 11.6 Å². The fourth-order valence-electron chi connectivity index (χ4n) is 1.48. The lowest BCUT2D eigenvalue weighted by molar-refractivity contribution is -0.391. The second kappa shape index (κ2) is 6.71. The van der Waals surface area contributed by atoms with E-state index in [2.05, 4.69) is 0 Å². The molecule has 0 amide bonds. The molecule has 1 rings (SSSR count). The Bertz CT molecular complexity index is 719. The summed E-state index contributed by atoms with van der Waals surface area (Å²) in [5.41, 5.74) is -0.913. The maximum atomic E-state index is 13.5. The molecule has 0 heterocycles. The predicted octanol–water partition coefficient (Wildman–Crippen LogP) is 6.14. The summed E-state index contributed by atoms with van der Waals surface area (Å²) in [6.45, 7) is 0. The summed E-state index contributed by atoms with van der Waals surface area (Å²) in [7, 11) is 0. The highest BCUT2D eigenvalue weighted by molar-refractivity contribution is 6.30. The van der Waals surface area contributed by atoms with Gasteiger partial charge in [0.05, 0.1) is 0 Å². The number of carbonyl (C=O) groups is 1. The molecule has 0 saturated carbocycles. The molecule has 0 fully saturated rings. The number of alkyl halides is 9. The lowest BCUT2D eigenvalue weighted by Crippen LogP contribution is -2.61. The lowest BCUT2D eigenvalue weighted by atomic mass is 10.0. The van der Waals surface area contributed by atoms with Gasteiger partial charge < -0.3 is 0 Å². The van der Waals surface area contributed by atoms with E-state index in [0.717, 1.165) is 12.1 Å². The molecule has 0 bridgehead atoms. The van der Waals surface area contributed by atoms with Gasteiger partial charge in [0.2, 0.25) is 17.4 Å². The van der Waals surface area contributed by atoms with Crippen LogP contribution in [0.3, 0.4) is 0 Å². The Morgan fingerprint density at radius 3 is 1.58 bits per heavy atom. The second-order valence-corrected chi connectivity index (χ2v) is 5.12. The van der Waals surface area contributed by atoms with Gasteiger partial charge in [0.15, 0.2) is 0 Å². The molecule has 1 aromatic carbocycles. The van der Waals surface area contributed by atoms with Crippen LogP contribution in [0.1, 0.15) is 10.4 Å². The molecule has 0 aliphatic heterocycles. The minimum atomic E-state index is -7.43. The molecule has 0 aliphatic rings. The van der Waals surface area contributed by atoms with E-state index >= 15 is 0 Å². The van der Waals surface area contributed by atoms with Crippen molar-refractivity contribution in [2.75, 3.05) is 0 Å². The lowest BCUT2D eigenvalue weighted by Gasteiger charge is -2.32. The van der Waals surface area contributed by atoms with Gasteiger partial charge in [-0.05, 0) is 24.3 Å². The van der Waals surface area contributed by atoms with Gasteiger partial charge in [-0.3, -0.25) is 4.79 Å². The number of hydrogen-bond acceptors (Lipinski definition) is 1. The van der Waals surface area contributed by atoms with E-state index in [0.29, 0.717) is 12.1 Å². The molecule has 0 unspecified atom stereocenters. The average molecular weight is 421 g/mol. The third kappa shape index (κ3) is 3.51. The first-order chi connectivity index (χ1) is 11.5. The third-order valence-electron chi connectivity index (χ3n) is 2.92. The highest BCUT2D eigenvalue weighted by atomic mass is 35.5. The van der Waals surface area contributed by atoms with Crippen molar-refractivity contribution in [1.29, 1.82) is 0 Å². The molecular weight excluding hydrogens is 417 g/mol. The van der Waals surface area contributed by atoms with E-state index in [1.54, 1.807) is 0 Å². The quantitative estimate of drug-likeness (QED) is 0.318. The summed E-state index contributed by atoms with van der Waals surface area (Å²) >= 11 is 5.38. The van der Waals surface area contributed by atoms with Crippen LogP contribution < -0.4 is 0 Å². The summed E-state index contributed by atoms with van der Waals surface area (Å²) in [5, 5.41) is -0.0620. The molecule has 1 aromatic rings. The molecule has 0 aliphatic carbocycles. The van der Waals surface area contributed by atoms with Crippen LogP contribution in [0.5, 0.6) is 0 Å². The second-order valence-electron chi connectivity index (χ2n) is 4.68. The molecule has 0 saturated heterocycles. The van der Waals surface area contributed by atoms with Crippen LogP contribution in [0.25, 0.3) is 0 Å². The Kier molecular flexibility index (Phi) is 5.72. The minimum Gasteiger partial charge on any atom is -0.286 e. The molecule has 26 heavy (non-hydrogen) atoms. The zero-order valence-corrected chi connectivity index (χ0v) is 12.5. The van der Waals surface area contributed by atoms with Crippen LogP contribution in [0.2, 0.25) is 5.02 Å². The van der Waals surface area contributed by atoms with E-state index in [1.165, 1.54) is 0 Å². The monoisotopic (exact) mass is 420 g/mol. The molecule has 0 N–H and O–H groups in total. The van der Waals surface area contributed by atoms with E-state index in [1.807, 2.05) is 0 Å². The van der Waals surface area contributed by atoms with Crippen LogP contribution in [0.4, 0.5) is 48.3 Å². The molecule has 1 nitrogen and oxygen atoms in total. The number of Topliss-reactive ketones (excluding diaryl/α,β-unsaturated/α-hetero) is 1. The molecule has 0 atom stereocenters. The van der Waals surface area contributed by atoms with Gasteiger partial charge >= 0.3 is 23.9 Å². The number of allylic oxidation sites excluding steroid dienone is 2. The topological polar surface area (TPSA) is 17.1 Å². The van der Waals surface area contributed by atoms with Crippen molar-refractivity contribution in [2.24, 2.45) is 0 Å². The highest BCUT2D eigenvalue weighted by Crippen LogP contribution is 2.55. The van der Waals surface area contributed by atoms with E-state index < -0.39 is 46.9 Å². The van der Waals surface area contributed by atoms with Crippen LogP contribution in [-0.2, 0) is 0 Å². The largest absolute Gasteiger partial charge is 0.460 e. The molecule has 0 radical (unpaired) electrons. The SMILES string of the molecule is O=C(/C(F)=C(\F)C(F)(F)C(F)(F)C(F)(F)C(F)(F)F)c1ccc(Cl)cc1. The average Bonchev–Trinajstić information content (AvgIpc) is 2.51. The summed E-state index contributed by atoms with van der Waals surface area (Å²) < 4.78 is 140. The summed E-state index contributed by atoms with van der Waals surface area (Å²) in [6, 6.07) is 3.03. The zero-order valence-electron chi connectivity index (χ0n) is 11.8. The van der Waals surface area contributed by atoms with Gasteiger partial charge in [-0.2, -0.15) is 43.9 Å². The Morgan fingerprint density at radius 2 is 1.19 bits per heavy atom. The highest BCUT2D eigenvalue weighted by Gasteiger charge is 2.83.